The Kier molecular flexibility index (Phi) is 6.68. The molecule has 0 saturated carbocycles. The molecule has 1 N–H and O–H groups in total. The van der Waals surface area contributed by atoms with Crippen LogP contribution in [0.25, 0.3) is 0 Å². The zero-order chi connectivity index (χ0) is 15.1. The molecule has 21 heavy (non-hydrogen) atoms. The SMILES string of the molecule is COCc1ccccc1C1OCCCC1CNCC(C)C. The summed E-state index contributed by atoms with van der Waals surface area (Å²) in [6.07, 6.45) is 2.60. The summed E-state index contributed by atoms with van der Waals surface area (Å²) < 4.78 is 11.5. The minimum atomic E-state index is 0.199. The fourth-order valence-corrected chi connectivity index (χ4v) is 3.05. The van der Waals surface area contributed by atoms with Crippen LogP contribution in [0.3, 0.4) is 0 Å². The van der Waals surface area contributed by atoms with Crippen molar-refractivity contribution in [1.29, 1.82) is 0 Å². The minimum Gasteiger partial charge on any atom is -0.380 e. The van der Waals surface area contributed by atoms with Crippen LogP contribution in [-0.4, -0.2) is 26.8 Å². The Morgan fingerprint density at radius 2 is 2.14 bits per heavy atom. The van der Waals surface area contributed by atoms with Gasteiger partial charge in [0.25, 0.3) is 0 Å². The topological polar surface area (TPSA) is 30.5 Å². The van der Waals surface area contributed by atoms with Gasteiger partial charge in [-0.3, -0.25) is 0 Å². The van der Waals surface area contributed by atoms with Gasteiger partial charge in [-0.05, 0) is 36.4 Å². The van der Waals surface area contributed by atoms with Crippen molar-refractivity contribution in [2.24, 2.45) is 11.8 Å². The second-order valence-corrected chi connectivity index (χ2v) is 6.38. The number of methoxy groups -OCH3 is 1. The molecule has 2 unspecified atom stereocenters. The lowest BCUT2D eigenvalue weighted by Gasteiger charge is -2.33. The fraction of sp³-hybridized carbons (Fsp3) is 0.667. The summed E-state index contributed by atoms with van der Waals surface area (Å²) in [7, 11) is 1.75. The molecule has 1 aliphatic rings. The van der Waals surface area contributed by atoms with Gasteiger partial charge in [-0.2, -0.15) is 0 Å². The molecule has 1 aromatic rings. The maximum Gasteiger partial charge on any atom is 0.0868 e. The molecule has 1 aromatic carbocycles. The van der Waals surface area contributed by atoms with Crippen molar-refractivity contribution in [2.45, 2.75) is 39.4 Å². The lowest BCUT2D eigenvalue weighted by molar-refractivity contribution is -0.0290. The Bertz CT molecular complexity index is 419. The molecule has 2 atom stereocenters. The molecule has 0 spiro atoms. The smallest absolute Gasteiger partial charge is 0.0868 e. The third-order valence-corrected chi connectivity index (χ3v) is 4.07. The monoisotopic (exact) mass is 291 g/mol. The molecule has 0 radical (unpaired) electrons. The van der Waals surface area contributed by atoms with Gasteiger partial charge in [0.1, 0.15) is 0 Å². The minimum absolute atomic E-state index is 0.199. The third kappa shape index (κ3) is 4.80. The van der Waals surface area contributed by atoms with E-state index in [9.17, 15) is 0 Å². The first-order chi connectivity index (χ1) is 10.2. The zero-order valence-corrected chi connectivity index (χ0v) is 13.6. The van der Waals surface area contributed by atoms with Crippen LogP contribution in [0.5, 0.6) is 0 Å². The van der Waals surface area contributed by atoms with Crippen LogP contribution in [0.1, 0.15) is 43.9 Å². The van der Waals surface area contributed by atoms with Gasteiger partial charge in [-0.25, -0.2) is 0 Å². The summed E-state index contributed by atoms with van der Waals surface area (Å²) in [5.74, 6) is 1.24. The lowest BCUT2D eigenvalue weighted by atomic mass is 9.87. The maximum atomic E-state index is 6.13. The van der Waals surface area contributed by atoms with Crippen LogP contribution < -0.4 is 5.32 Å². The van der Waals surface area contributed by atoms with Gasteiger partial charge in [-0.1, -0.05) is 38.1 Å². The number of nitrogens with one attached hydrogen (secondary N) is 1. The van der Waals surface area contributed by atoms with Gasteiger partial charge in [0.15, 0.2) is 0 Å². The van der Waals surface area contributed by atoms with E-state index in [1.165, 1.54) is 17.5 Å². The van der Waals surface area contributed by atoms with E-state index in [4.69, 9.17) is 9.47 Å². The van der Waals surface area contributed by atoms with Gasteiger partial charge in [-0.15, -0.1) is 0 Å². The normalized spacial score (nSPS) is 22.7. The van der Waals surface area contributed by atoms with Crippen molar-refractivity contribution >= 4 is 0 Å². The third-order valence-electron chi connectivity index (χ3n) is 4.07. The predicted octanol–water partition coefficient (Wildman–Crippen LogP) is 3.55. The van der Waals surface area contributed by atoms with Crippen LogP contribution in [0.2, 0.25) is 0 Å². The van der Waals surface area contributed by atoms with Crippen molar-refractivity contribution in [3.63, 3.8) is 0 Å². The first kappa shape index (κ1) is 16.5. The van der Waals surface area contributed by atoms with Gasteiger partial charge < -0.3 is 14.8 Å². The second-order valence-electron chi connectivity index (χ2n) is 6.38. The molecule has 0 bridgehead atoms. The quantitative estimate of drug-likeness (QED) is 0.833. The van der Waals surface area contributed by atoms with E-state index in [-0.39, 0.29) is 6.10 Å². The average Bonchev–Trinajstić information content (AvgIpc) is 2.48. The van der Waals surface area contributed by atoms with Gasteiger partial charge in [0.05, 0.1) is 12.7 Å². The van der Waals surface area contributed by atoms with E-state index in [2.05, 4.69) is 43.4 Å². The average molecular weight is 291 g/mol. The van der Waals surface area contributed by atoms with Crippen molar-refractivity contribution in [3.05, 3.63) is 35.4 Å². The van der Waals surface area contributed by atoms with Crippen LogP contribution in [0, 0.1) is 11.8 Å². The largest absolute Gasteiger partial charge is 0.380 e. The summed E-state index contributed by atoms with van der Waals surface area (Å²) in [5, 5.41) is 3.59. The highest BCUT2D eigenvalue weighted by molar-refractivity contribution is 5.29. The van der Waals surface area contributed by atoms with E-state index in [1.807, 2.05) is 0 Å². The molecule has 3 heteroatoms. The molecular weight excluding hydrogens is 262 g/mol. The van der Waals surface area contributed by atoms with Crippen LogP contribution in [0.15, 0.2) is 24.3 Å². The van der Waals surface area contributed by atoms with Crippen molar-refractivity contribution in [1.82, 2.24) is 5.32 Å². The Morgan fingerprint density at radius 1 is 1.33 bits per heavy atom. The standard InChI is InChI=1S/C18H29NO2/c1-14(2)11-19-12-15-8-6-10-21-18(15)17-9-5-4-7-16(17)13-20-3/h4-5,7,9,14-15,18-19H,6,8,10-13H2,1-3H3. The summed E-state index contributed by atoms with van der Waals surface area (Å²) in [4.78, 5) is 0. The Hall–Kier alpha value is -0.900. The van der Waals surface area contributed by atoms with Crippen molar-refractivity contribution < 1.29 is 9.47 Å². The molecule has 1 heterocycles. The Balaban J connectivity index is 2.07. The van der Waals surface area contributed by atoms with Gasteiger partial charge >= 0.3 is 0 Å². The number of benzene rings is 1. The molecule has 1 fully saturated rings. The van der Waals surface area contributed by atoms with Crippen molar-refractivity contribution in [3.8, 4) is 0 Å². The number of ether oxygens (including phenoxy) is 2. The van der Waals surface area contributed by atoms with E-state index in [1.54, 1.807) is 7.11 Å². The highest BCUT2D eigenvalue weighted by Crippen LogP contribution is 2.35. The number of hydrogen-bond acceptors (Lipinski definition) is 3. The summed E-state index contributed by atoms with van der Waals surface area (Å²) in [6.45, 7) is 8.12. The summed E-state index contributed by atoms with van der Waals surface area (Å²) >= 11 is 0. The predicted molar refractivity (Wildman–Crippen MR) is 86.3 cm³/mol. The van der Waals surface area contributed by atoms with E-state index in [0.29, 0.717) is 18.4 Å². The Labute approximate surface area is 129 Å². The highest BCUT2D eigenvalue weighted by atomic mass is 16.5. The molecule has 0 aromatic heterocycles. The van der Waals surface area contributed by atoms with Gasteiger partial charge in [0.2, 0.25) is 0 Å². The van der Waals surface area contributed by atoms with E-state index >= 15 is 0 Å². The molecule has 1 aliphatic heterocycles. The second kappa shape index (κ2) is 8.52. The maximum absolute atomic E-state index is 6.13. The fourth-order valence-electron chi connectivity index (χ4n) is 3.05. The van der Waals surface area contributed by atoms with Gasteiger partial charge in [0, 0.05) is 26.2 Å². The zero-order valence-electron chi connectivity index (χ0n) is 13.6. The molecule has 0 aliphatic carbocycles. The van der Waals surface area contributed by atoms with Crippen molar-refractivity contribution in [2.75, 3.05) is 26.8 Å². The van der Waals surface area contributed by atoms with E-state index < -0.39 is 0 Å². The molecule has 3 nitrogen and oxygen atoms in total. The highest BCUT2D eigenvalue weighted by Gasteiger charge is 2.28. The van der Waals surface area contributed by atoms with Crippen LogP contribution >= 0.6 is 0 Å². The van der Waals surface area contributed by atoms with Crippen LogP contribution in [0.4, 0.5) is 0 Å². The first-order valence-electron chi connectivity index (χ1n) is 8.11. The number of rotatable bonds is 7. The molecule has 2 rings (SSSR count). The molecule has 1 saturated heterocycles. The Morgan fingerprint density at radius 3 is 2.90 bits per heavy atom. The molecule has 118 valence electrons. The van der Waals surface area contributed by atoms with Crippen LogP contribution in [-0.2, 0) is 16.1 Å². The van der Waals surface area contributed by atoms with E-state index in [0.717, 1.165) is 26.1 Å². The summed E-state index contributed by atoms with van der Waals surface area (Å²) in [6, 6.07) is 8.52. The first-order valence-corrected chi connectivity index (χ1v) is 8.11. The summed E-state index contributed by atoms with van der Waals surface area (Å²) in [5.41, 5.74) is 2.55. The molecule has 0 amide bonds. The number of hydrogen-bond donors (Lipinski definition) is 1. The lowest BCUT2D eigenvalue weighted by Crippen LogP contribution is -2.33. The molecular formula is C18H29NO2.